The molecule has 1 heterocycles. The van der Waals surface area contributed by atoms with E-state index in [9.17, 15) is 13.2 Å². The van der Waals surface area contributed by atoms with Crippen molar-refractivity contribution in [2.45, 2.75) is 31.7 Å². The van der Waals surface area contributed by atoms with Crippen LogP contribution in [0.4, 0.5) is 5.69 Å². The molecule has 0 radical (unpaired) electrons. The molecule has 0 saturated carbocycles. The Kier molecular flexibility index (Phi) is 6.72. The number of anilines is 1. The molecule has 4 rings (SSSR count). The Morgan fingerprint density at radius 3 is 2.38 bits per heavy atom. The molecule has 8 heteroatoms. The van der Waals surface area contributed by atoms with E-state index in [1.54, 1.807) is 73.5 Å². The molecule has 6 nitrogen and oxygen atoms in total. The van der Waals surface area contributed by atoms with Gasteiger partial charge in [0.2, 0.25) is 0 Å². The molecule has 0 aliphatic heterocycles. The molecule has 0 bridgehead atoms. The SMILES string of the molecule is CCN(c1ccccc1)S(=O)(=O)c1cc(C(=O)N(C)C(C)c2nc3ccccc3s2)ccc1C. The van der Waals surface area contributed by atoms with Gasteiger partial charge >= 0.3 is 0 Å². The van der Waals surface area contributed by atoms with Crippen molar-refractivity contribution in [2.75, 3.05) is 17.9 Å². The molecule has 0 N–H and O–H groups in total. The summed E-state index contributed by atoms with van der Waals surface area (Å²) in [6.07, 6.45) is 0. The second kappa shape index (κ2) is 9.56. The molecule has 34 heavy (non-hydrogen) atoms. The average molecular weight is 494 g/mol. The fourth-order valence-electron chi connectivity index (χ4n) is 3.83. The third-order valence-corrected chi connectivity index (χ3v) is 9.16. The number of amides is 1. The maximum atomic E-state index is 13.6. The number of hydrogen-bond acceptors (Lipinski definition) is 5. The summed E-state index contributed by atoms with van der Waals surface area (Å²) in [5.41, 5.74) is 2.40. The summed E-state index contributed by atoms with van der Waals surface area (Å²) in [5, 5.41) is 0.832. The van der Waals surface area contributed by atoms with E-state index in [0.29, 0.717) is 16.8 Å². The van der Waals surface area contributed by atoms with Gasteiger partial charge in [0.05, 0.1) is 26.8 Å². The molecule has 1 amide bonds. The molecule has 0 fully saturated rings. The minimum Gasteiger partial charge on any atom is -0.333 e. The number of aromatic nitrogens is 1. The van der Waals surface area contributed by atoms with Crippen molar-refractivity contribution < 1.29 is 13.2 Å². The van der Waals surface area contributed by atoms with Gasteiger partial charge in [-0.05, 0) is 62.7 Å². The fourth-order valence-corrected chi connectivity index (χ4v) is 6.62. The van der Waals surface area contributed by atoms with Crippen LogP contribution < -0.4 is 4.31 Å². The first-order valence-electron chi connectivity index (χ1n) is 11.0. The summed E-state index contributed by atoms with van der Waals surface area (Å²) in [5.74, 6) is -0.258. The minimum atomic E-state index is -3.85. The highest BCUT2D eigenvalue weighted by atomic mass is 32.2. The number of sulfonamides is 1. The Morgan fingerprint density at radius 1 is 1.03 bits per heavy atom. The lowest BCUT2D eigenvalue weighted by Gasteiger charge is -2.25. The number of rotatable bonds is 7. The standard InChI is InChI=1S/C26H27N3O3S2/c1-5-29(21-11-7-6-8-12-21)34(31,32)24-17-20(16-15-18(24)2)26(30)28(4)19(3)25-27-22-13-9-10-14-23(22)33-25/h6-17,19H,5H2,1-4H3. The van der Waals surface area contributed by atoms with E-state index >= 15 is 0 Å². The van der Waals surface area contributed by atoms with Crippen molar-refractivity contribution in [1.29, 1.82) is 0 Å². The van der Waals surface area contributed by atoms with E-state index in [-0.39, 0.29) is 23.4 Å². The van der Waals surface area contributed by atoms with E-state index < -0.39 is 10.0 Å². The van der Waals surface area contributed by atoms with Crippen molar-refractivity contribution in [1.82, 2.24) is 9.88 Å². The fraction of sp³-hybridized carbons (Fsp3) is 0.231. The number of thiazole rings is 1. The number of fused-ring (bicyclic) bond motifs is 1. The van der Waals surface area contributed by atoms with E-state index in [4.69, 9.17) is 0 Å². The van der Waals surface area contributed by atoms with Crippen LogP contribution in [0.5, 0.6) is 0 Å². The van der Waals surface area contributed by atoms with Crippen LogP contribution in [0.25, 0.3) is 10.2 Å². The number of aryl methyl sites for hydroxylation is 1. The number of benzene rings is 3. The lowest BCUT2D eigenvalue weighted by molar-refractivity contribution is 0.0742. The molecule has 176 valence electrons. The first-order valence-corrected chi connectivity index (χ1v) is 13.3. The van der Waals surface area contributed by atoms with Crippen molar-refractivity contribution >= 4 is 43.2 Å². The summed E-state index contributed by atoms with van der Waals surface area (Å²) in [4.78, 5) is 19.8. The predicted molar refractivity (Wildman–Crippen MR) is 138 cm³/mol. The van der Waals surface area contributed by atoms with Crippen LogP contribution in [-0.2, 0) is 10.0 Å². The van der Waals surface area contributed by atoms with E-state index in [2.05, 4.69) is 4.98 Å². The van der Waals surface area contributed by atoms with Crippen molar-refractivity contribution in [3.05, 3.63) is 88.9 Å². The van der Waals surface area contributed by atoms with Gasteiger partial charge in [0.1, 0.15) is 5.01 Å². The number of para-hydroxylation sites is 2. The lowest BCUT2D eigenvalue weighted by atomic mass is 10.1. The molecular formula is C26H27N3O3S2. The molecule has 0 saturated heterocycles. The number of carbonyl (C=O) groups is 1. The van der Waals surface area contributed by atoms with Gasteiger partial charge in [0.15, 0.2) is 0 Å². The third kappa shape index (κ3) is 4.43. The summed E-state index contributed by atoms with van der Waals surface area (Å²) in [6.45, 7) is 5.74. The van der Waals surface area contributed by atoms with Gasteiger partial charge in [0.25, 0.3) is 15.9 Å². The highest BCUT2D eigenvalue weighted by molar-refractivity contribution is 7.92. The number of carbonyl (C=O) groups excluding carboxylic acids is 1. The number of nitrogens with zero attached hydrogens (tertiary/aromatic N) is 3. The monoisotopic (exact) mass is 493 g/mol. The van der Waals surface area contributed by atoms with Crippen LogP contribution in [0.1, 0.15) is 40.8 Å². The van der Waals surface area contributed by atoms with Gasteiger partial charge in [-0.1, -0.05) is 36.4 Å². The molecular weight excluding hydrogens is 466 g/mol. The highest BCUT2D eigenvalue weighted by Gasteiger charge is 2.28. The van der Waals surface area contributed by atoms with Crippen LogP contribution in [-0.4, -0.2) is 37.8 Å². The van der Waals surface area contributed by atoms with Gasteiger partial charge in [-0.3, -0.25) is 9.10 Å². The third-order valence-electron chi connectivity index (χ3n) is 5.90. The van der Waals surface area contributed by atoms with Crippen LogP contribution >= 0.6 is 11.3 Å². The Balaban J connectivity index is 1.66. The summed E-state index contributed by atoms with van der Waals surface area (Å²) in [7, 11) is -2.14. The van der Waals surface area contributed by atoms with E-state index in [1.165, 1.54) is 10.4 Å². The zero-order valence-electron chi connectivity index (χ0n) is 19.6. The largest absolute Gasteiger partial charge is 0.333 e. The summed E-state index contributed by atoms with van der Waals surface area (Å²) >= 11 is 1.55. The molecule has 0 aliphatic rings. The van der Waals surface area contributed by atoms with Crippen LogP contribution in [0.2, 0.25) is 0 Å². The summed E-state index contributed by atoms with van der Waals surface area (Å²) in [6, 6.07) is 21.4. The molecule has 1 atom stereocenters. The Bertz CT molecular complexity index is 1400. The molecule has 0 spiro atoms. The van der Waals surface area contributed by atoms with Crippen molar-refractivity contribution in [3.8, 4) is 0 Å². The van der Waals surface area contributed by atoms with Crippen LogP contribution in [0.15, 0.2) is 77.7 Å². The minimum absolute atomic E-state index is 0.130. The Labute approximate surface area is 204 Å². The highest BCUT2D eigenvalue weighted by Crippen LogP contribution is 2.31. The normalized spacial score (nSPS) is 12.5. The zero-order chi connectivity index (χ0) is 24.5. The number of hydrogen-bond donors (Lipinski definition) is 0. The van der Waals surface area contributed by atoms with Crippen LogP contribution in [0, 0.1) is 6.92 Å². The Hall–Kier alpha value is -3.23. The van der Waals surface area contributed by atoms with Gasteiger partial charge < -0.3 is 4.90 Å². The van der Waals surface area contributed by atoms with Crippen molar-refractivity contribution in [3.63, 3.8) is 0 Å². The van der Waals surface area contributed by atoms with Crippen molar-refractivity contribution in [2.24, 2.45) is 0 Å². The molecule has 1 unspecified atom stereocenters. The predicted octanol–water partition coefficient (Wildman–Crippen LogP) is 5.65. The Morgan fingerprint density at radius 2 is 1.71 bits per heavy atom. The van der Waals surface area contributed by atoms with Gasteiger partial charge in [-0.15, -0.1) is 11.3 Å². The van der Waals surface area contributed by atoms with Gasteiger partial charge in [-0.2, -0.15) is 0 Å². The van der Waals surface area contributed by atoms with Gasteiger partial charge in [-0.25, -0.2) is 13.4 Å². The molecule has 4 aromatic rings. The second-order valence-corrected chi connectivity index (χ2v) is 11.0. The molecule has 3 aromatic carbocycles. The average Bonchev–Trinajstić information content (AvgIpc) is 3.28. The first kappa shape index (κ1) is 23.9. The smallest absolute Gasteiger partial charge is 0.264 e. The van der Waals surface area contributed by atoms with E-state index in [0.717, 1.165) is 15.2 Å². The maximum Gasteiger partial charge on any atom is 0.264 e. The van der Waals surface area contributed by atoms with Crippen LogP contribution in [0.3, 0.4) is 0 Å². The quantitative estimate of drug-likeness (QED) is 0.333. The second-order valence-electron chi connectivity index (χ2n) is 8.10. The zero-order valence-corrected chi connectivity index (χ0v) is 21.2. The molecule has 1 aromatic heterocycles. The van der Waals surface area contributed by atoms with Gasteiger partial charge in [0, 0.05) is 19.2 Å². The topological polar surface area (TPSA) is 70.6 Å². The maximum absolute atomic E-state index is 13.6. The summed E-state index contributed by atoms with van der Waals surface area (Å²) < 4.78 is 29.6. The van der Waals surface area contributed by atoms with E-state index in [1.807, 2.05) is 37.3 Å². The first-order chi connectivity index (χ1) is 16.2. The lowest BCUT2D eigenvalue weighted by Crippen LogP contribution is -2.32. The molecule has 0 aliphatic carbocycles.